The summed E-state index contributed by atoms with van der Waals surface area (Å²) in [6, 6.07) is 20.9. The van der Waals surface area contributed by atoms with Gasteiger partial charge in [-0.05, 0) is 0 Å². The van der Waals surface area contributed by atoms with Crippen molar-refractivity contribution in [3.05, 3.63) is 60.7 Å². The van der Waals surface area contributed by atoms with Crippen LogP contribution < -0.4 is 7.02 Å². The van der Waals surface area contributed by atoms with Gasteiger partial charge in [0.2, 0.25) is 0 Å². The van der Waals surface area contributed by atoms with Gasteiger partial charge in [-0.1, -0.05) is 0 Å². The molecule has 2 rings (SSSR count). The number of rotatable bonds is 2. The molecular formula is C12H10Br3Sb. The summed E-state index contributed by atoms with van der Waals surface area (Å²) in [5.74, 6) is 0. The van der Waals surface area contributed by atoms with E-state index in [1.165, 1.54) is 7.02 Å². The topological polar surface area (TPSA) is 0 Å². The van der Waals surface area contributed by atoms with Crippen LogP contribution in [-0.2, 0) is 0 Å². The van der Waals surface area contributed by atoms with E-state index in [1.54, 1.807) is 0 Å². The van der Waals surface area contributed by atoms with Crippen LogP contribution in [0.4, 0.5) is 0 Å². The Labute approximate surface area is 115 Å². The molecule has 0 saturated heterocycles. The van der Waals surface area contributed by atoms with E-state index in [1.807, 2.05) is 12.1 Å². The fraction of sp³-hybridized carbons (Fsp3) is 0. The first-order valence-electron chi connectivity index (χ1n) is 4.78. The summed E-state index contributed by atoms with van der Waals surface area (Å²) in [5, 5.41) is 0. The van der Waals surface area contributed by atoms with Crippen molar-refractivity contribution < 1.29 is 0 Å². The van der Waals surface area contributed by atoms with Gasteiger partial charge in [0.25, 0.3) is 0 Å². The second kappa shape index (κ2) is 4.76. The fourth-order valence-corrected chi connectivity index (χ4v) is 15.6. The van der Waals surface area contributed by atoms with Gasteiger partial charge in [0, 0.05) is 0 Å². The molecule has 0 aliphatic rings. The van der Waals surface area contributed by atoms with E-state index in [2.05, 4.69) is 86.3 Å². The van der Waals surface area contributed by atoms with Crippen molar-refractivity contribution >= 4 is 55.5 Å². The quantitative estimate of drug-likeness (QED) is 0.533. The number of benzene rings is 2. The normalized spacial score (nSPS) is 14.1. The van der Waals surface area contributed by atoms with Gasteiger partial charge in [-0.25, -0.2) is 0 Å². The van der Waals surface area contributed by atoms with Gasteiger partial charge in [0.1, 0.15) is 0 Å². The Hall–Kier alpha value is 0.698. The number of hydrogen-bond acceptors (Lipinski definition) is 0. The molecule has 2 aromatic rings. The summed E-state index contributed by atoms with van der Waals surface area (Å²) >= 11 is 11.8. The first-order valence-corrected chi connectivity index (χ1v) is 24.5. The number of halogens is 3. The van der Waals surface area contributed by atoms with Crippen molar-refractivity contribution in [3.63, 3.8) is 0 Å². The maximum atomic E-state index is 3.94. The molecule has 0 saturated carbocycles. The predicted molar refractivity (Wildman–Crippen MR) is 84.7 cm³/mol. The van der Waals surface area contributed by atoms with Gasteiger partial charge < -0.3 is 0 Å². The van der Waals surface area contributed by atoms with Gasteiger partial charge in [0.05, 0.1) is 0 Å². The van der Waals surface area contributed by atoms with E-state index in [0.29, 0.717) is 0 Å². The third kappa shape index (κ3) is 2.58. The second-order valence-corrected chi connectivity index (χ2v) is 58.8. The molecule has 0 aromatic heterocycles. The average molecular weight is 516 g/mol. The number of hydrogen-bond donors (Lipinski definition) is 0. The minimum absolute atomic E-state index is 1.29. The molecule has 0 aliphatic heterocycles. The van der Waals surface area contributed by atoms with Crippen molar-refractivity contribution in [1.29, 1.82) is 0 Å². The predicted octanol–water partition coefficient (Wildman–Crippen LogP) is 3.88. The molecule has 0 aliphatic carbocycles. The van der Waals surface area contributed by atoms with Crippen LogP contribution >= 0.6 is 37.8 Å². The van der Waals surface area contributed by atoms with E-state index in [-0.39, 0.29) is 0 Å². The van der Waals surface area contributed by atoms with E-state index in [0.717, 1.165) is 0 Å². The van der Waals surface area contributed by atoms with Crippen molar-refractivity contribution in [2.75, 3.05) is 0 Å². The van der Waals surface area contributed by atoms with Crippen molar-refractivity contribution in [1.82, 2.24) is 0 Å². The average Bonchev–Trinajstić information content (AvgIpc) is 2.31. The van der Waals surface area contributed by atoms with E-state index < -0.39 is 10.6 Å². The van der Waals surface area contributed by atoms with E-state index >= 15 is 0 Å². The van der Waals surface area contributed by atoms with Gasteiger partial charge >= 0.3 is 116 Å². The molecule has 0 spiro atoms. The Morgan fingerprint density at radius 2 is 0.875 bits per heavy atom. The summed E-state index contributed by atoms with van der Waals surface area (Å²) in [4.78, 5) is 0. The monoisotopic (exact) mass is 512 g/mol. The Kier molecular flexibility index (Phi) is 3.91. The second-order valence-electron chi connectivity index (χ2n) is 3.48. The van der Waals surface area contributed by atoms with Crippen molar-refractivity contribution in [2.24, 2.45) is 0 Å². The Morgan fingerprint density at radius 3 is 1.19 bits per heavy atom. The summed E-state index contributed by atoms with van der Waals surface area (Å²) in [6.45, 7) is 0. The fourth-order valence-electron chi connectivity index (χ4n) is 1.49. The molecule has 0 N–H and O–H groups in total. The standard InChI is InChI=1S/2C6H5.3BrH.Sb/c2*1-2-4-6-5-3-1;;;;/h2*1-5H;3*1H;/q;;;;;+3/p-3. The molecule has 16 heavy (non-hydrogen) atoms. The molecule has 0 radical (unpaired) electrons. The molecule has 0 bridgehead atoms. The van der Waals surface area contributed by atoms with Crippen LogP contribution in [-0.4, -0.2) is 10.6 Å². The Morgan fingerprint density at radius 1 is 0.562 bits per heavy atom. The SMILES string of the molecule is [Br][Sb]([Br])([Br])([c]1ccccc1)[c]1ccccc1. The van der Waals surface area contributed by atoms with Crippen LogP contribution in [0.5, 0.6) is 0 Å². The summed E-state index contributed by atoms with van der Waals surface area (Å²) in [5.41, 5.74) is 0. The zero-order valence-electron chi connectivity index (χ0n) is 8.35. The van der Waals surface area contributed by atoms with Gasteiger partial charge in [-0.15, -0.1) is 0 Å². The molecule has 84 valence electrons. The minimum atomic E-state index is -3.36. The molecule has 2 aromatic carbocycles. The Bertz CT molecular complexity index is 430. The van der Waals surface area contributed by atoms with Crippen LogP contribution in [0.1, 0.15) is 0 Å². The zero-order valence-corrected chi connectivity index (χ0v) is 15.7. The summed E-state index contributed by atoms with van der Waals surface area (Å²) in [7, 11) is -3.36. The third-order valence-electron chi connectivity index (χ3n) is 2.36. The van der Waals surface area contributed by atoms with Crippen LogP contribution in [0.15, 0.2) is 60.7 Å². The van der Waals surface area contributed by atoms with Gasteiger partial charge in [-0.2, -0.15) is 0 Å². The molecule has 4 heteroatoms. The first-order chi connectivity index (χ1) is 7.49. The molecule has 0 fully saturated rings. The van der Waals surface area contributed by atoms with Crippen LogP contribution in [0, 0.1) is 0 Å². The van der Waals surface area contributed by atoms with Gasteiger partial charge in [0.15, 0.2) is 0 Å². The maximum absolute atomic E-state index is 3.94. The molecule has 0 nitrogen and oxygen atoms in total. The van der Waals surface area contributed by atoms with Crippen LogP contribution in [0.3, 0.4) is 0 Å². The zero-order chi connectivity index (χ0) is 11.7. The third-order valence-corrected chi connectivity index (χ3v) is 25.4. The first kappa shape index (κ1) is 13.1. The van der Waals surface area contributed by atoms with Crippen LogP contribution in [0.25, 0.3) is 0 Å². The molecule has 0 unspecified atom stereocenters. The molecule has 0 heterocycles. The van der Waals surface area contributed by atoms with Crippen LogP contribution in [0.2, 0.25) is 0 Å². The molecular weight excluding hydrogens is 506 g/mol. The van der Waals surface area contributed by atoms with Crippen molar-refractivity contribution in [3.8, 4) is 0 Å². The summed E-state index contributed by atoms with van der Waals surface area (Å²) < 4.78 is 2.59. The van der Waals surface area contributed by atoms with Gasteiger partial charge in [-0.3, -0.25) is 0 Å². The van der Waals surface area contributed by atoms with E-state index in [4.69, 9.17) is 0 Å². The Balaban J connectivity index is 2.60. The van der Waals surface area contributed by atoms with E-state index in [9.17, 15) is 0 Å². The van der Waals surface area contributed by atoms with Crippen molar-refractivity contribution in [2.45, 2.75) is 0 Å². The molecule has 0 atom stereocenters. The summed E-state index contributed by atoms with van der Waals surface area (Å²) in [6.07, 6.45) is 0. The molecule has 0 amide bonds.